The molecule has 29 heavy (non-hydrogen) atoms. The zero-order valence-electron chi connectivity index (χ0n) is 17.3. The maximum absolute atomic E-state index is 11.7. The van der Waals surface area contributed by atoms with Crippen LogP contribution < -0.4 is 10.1 Å². The summed E-state index contributed by atoms with van der Waals surface area (Å²) in [6.45, 7) is 9.57. The number of aryl methyl sites for hydroxylation is 2. The Hall–Kier alpha value is -3.08. The summed E-state index contributed by atoms with van der Waals surface area (Å²) in [5, 5.41) is 2.89. The van der Waals surface area contributed by atoms with Crippen LogP contribution in [0.15, 0.2) is 60.7 Å². The summed E-state index contributed by atoms with van der Waals surface area (Å²) in [6.07, 6.45) is 2.65. The summed E-state index contributed by atoms with van der Waals surface area (Å²) in [6, 6.07) is 16.3. The Labute approximate surface area is 172 Å². The van der Waals surface area contributed by atoms with E-state index in [1.165, 1.54) is 5.56 Å². The first kappa shape index (κ1) is 20.6. The topological polar surface area (TPSA) is 56.2 Å². The standard InChI is InChI=1S/C24H29N3O2/c1-18(2)24(28)25-14-13-23-26-21-11-4-5-12-22(21)27(23)15-6-7-16-29-20-10-8-9-19(3)17-20/h4-5,8-12,17H,1,6-7,13-16H2,2-3H3,(H,25,28). The maximum atomic E-state index is 11.7. The Morgan fingerprint density at radius 3 is 2.79 bits per heavy atom. The highest BCUT2D eigenvalue weighted by atomic mass is 16.5. The first-order chi connectivity index (χ1) is 14.0. The van der Waals surface area contributed by atoms with E-state index >= 15 is 0 Å². The minimum atomic E-state index is -0.110. The summed E-state index contributed by atoms with van der Waals surface area (Å²) in [7, 11) is 0. The number of carbonyl (C=O) groups is 1. The van der Waals surface area contributed by atoms with Crippen molar-refractivity contribution in [2.75, 3.05) is 13.2 Å². The SMILES string of the molecule is C=C(C)C(=O)NCCc1nc2ccccc2n1CCCCOc1cccc(C)c1. The highest BCUT2D eigenvalue weighted by molar-refractivity contribution is 5.92. The van der Waals surface area contributed by atoms with E-state index in [4.69, 9.17) is 9.72 Å². The molecule has 5 heteroatoms. The molecule has 1 amide bonds. The molecule has 1 aromatic heterocycles. The van der Waals surface area contributed by atoms with E-state index in [2.05, 4.69) is 41.6 Å². The number of fused-ring (bicyclic) bond motifs is 1. The highest BCUT2D eigenvalue weighted by Gasteiger charge is 2.11. The second-order valence-electron chi connectivity index (χ2n) is 7.33. The highest BCUT2D eigenvalue weighted by Crippen LogP contribution is 2.18. The van der Waals surface area contributed by atoms with Gasteiger partial charge in [-0.2, -0.15) is 0 Å². The lowest BCUT2D eigenvalue weighted by Crippen LogP contribution is -2.26. The Kier molecular flexibility index (Phi) is 7.06. The van der Waals surface area contributed by atoms with E-state index in [1.54, 1.807) is 6.92 Å². The predicted molar refractivity (Wildman–Crippen MR) is 117 cm³/mol. The van der Waals surface area contributed by atoms with E-state index in [9.17, 15) is 4.79 Å². The van der Waals surface area contributed by atoms with Crippen molar-refractivity contribution in [3.63, 3.8) is 0 Å². The van der Waals surface area contributed by atoms with Crippen molar-refractivity contribution in [1.29, 1.82) is 0 Å². The number of carbonyl (C=O) groups excluding carboxylic acids is 1. The Morgan fingerprint density at radius 2 is 2.00 bits per heavy atom. The molecule has 1 heterocycles. The lowest BCUT2D eigenvalue weighted by molar-refractivity contribution is -0.117. The van der Waals surface area contributed by atoms with Crippen molar-refractivity contribution in [3.05, 3.63) is 72.1 Å². The number of imidazole rings is 1. The fraction of sp³-hybridized carbons (Fsp3) is 0.333. The van der Waals surface area contributed by atoms with Crippen LogP contribution >= 0.6 is 0 Å². The Balaban J connectivity index is 1.57. The molecule has 0 radical (unpaired) electrons. The molecule has 0 bridgehead atoms. The molecule has 0 saturated heterocycles. The quantitative estimate of drug-likeness (QED) is 0.411. The molecule has 3 aromatic rings. The van der Waals surface area contributed by atoms with E-state index < -0.39 is 0 Å². The van der Waals surface area contributed by atoms with Gasteiger partial charge >= 0.3 is 0 Å². The zero-order chi connectivity index (χ0) is 20.6. The summed E-state index contributed by atoms with van der Waals surface area (Å²) in [5.41, 5.74) is 3.85. The number of rotatable bonds is 10. The first-order valence-electron chi connectivity index (χ1n) is 10.1. The van der Waals surface area contributed by atoms with Gasteiger partial charge in [-0.25, -0.2) is 4.98 Å². The molecular formula is C24H29N3O2. The van der Waals surface area contributed by atoms with Gasteiger partial charge in [0.1, 0.15) is 11.6 Å². The number of hydrogen-bond donors (Lipinski definition) is 1. The molecule has 3 rings (SSSR count). The van der Waals surface area contributed by atoms with Gasteiger partial charge in [0.05, 0.1) is 17.6 Å². The average Bonchev–Trinajstić information content (AvgIpc) is 3.05. The lowest BCUT2D eigenvalue weighted by Gasteiger charge is -2.11. The van der Waals surface area contributed by atoms with E-state index in [1.807, 2.05) is 30.3 Å². The monoisotopic (exact) mass is 391 g/mol. The minimum Gasteiger partial charge on any atom is -0.494 e. The number of amides is 1. The number of ether oxygens (including phenoxy) is 1. The van der Waals surface area contributed by atoms with Crippen LogP contribution in [0.25, 0.3) is 11.0 Å². The average molecular weight is 392 g/mol. The number of aromatic nitrogens is 2. The summed E-state index contributed by atoms with van der Waals surface area (Å²) in [4.78, 5) is 16.5. The van der Waals surface area contributed by atoms with E-state index in [-0.39, 0.29) is 5.91 Å². The van der Waals surface area contributed by atoms with Crippen molar-refractivity contribution < 1.29 is 9.53 Å². The summed E-state index contributed by atoms with van der Waals surface area (Å²) < 4.78 is 8.12. The molecule has 0 unspecified atom stereocenters. The van der Waals surface area contributed by atoms with Crippen molar-refractivity contribution in [3.8, 4) is 5.75 Å². The second kappa shape index (κ2) is 9.92. The van der Waals surface area contributed by atoms with Gasteiger partial charge in [-0.1, -0.05) is 30.8 Å². The molecule has 0 aliphatic rings. The number of unbranched alkanes of at least 4 members (excludes halogenated alkanes) is 1. The molecule has 152 valence electrons. The van der Waals surface area contributed by atoms with Crippen LogP contribution in [0.3, 0.4) is 0 Å². The van der Waals surface area contributed by atoms with Gasteiger partial charge in [0.2, 0.25) is 5.91 Å². The number of benzene rings is 2. The molecular weight excluding hydrogens is 362 g/mol. The molecule has 2 aromatic carbocycles. The summed E-state index contributed by atoms with van der Waals surface area (Å²) >= 11 is 0. The van der Waals surface area contributed by atoms with Crippen molar-refractivity contribution in [1.82, 2.24) is 14.9 Å². The molecule has 0 spiro atoms. The van der Waals surface area contributed by atoms with Gasteiger partial charge in [-0.15, -0.1) is 0 Å². The number of para-hydroxylation sites is 2. The fourth-order valence-corrected chi connectivity index (χ4v) is 3.27. The molecule has 0 aliphatic heterocycles. The van der Waals surface area contributed by atoms with Gasteiger partial charge < -0.3 is 14.6 Å². The van der Waals surface area contributed by atoms with Crippen molar-refractivity contribution in [2.24, 2.45) is 0 Å². The Bertz CT molecular complexity index is 991. The van der Waals surface area contributed by atoms with Gasteiger partial charge in [0, 0.05) is 25.1 Å². The van der Waals surface area contributed by atoms with Crippen LogP contribution in [0.1, 0.15) is 31.2 Å². The van der Waals surface area contributed by atoms with Crippen LogP contribution in [-0.4, -0.2) is 28.6 Å². The van der Waals surface area contributed by atoms with Crippen LogP contribution in [0.4, 0.5) is 0 Å². The zero-order valence-corrected chi connectivity index (χ0v) is 17.3. The molecule has 0 saturated carbocycles. The molecule has 0 atom stereocenters. The molecule has 1 N–H and O–H groups in total. The molecule has 0 aliphatic carbocycles. The lowest BCUT2D eigenvalue weighted by atomic mass is 10.2. The van der Waals surface area contributed by atoms with Gasteiger partial charge in [0.15, 0.2) is 0 Å². The third-order valence-electron chi connectivity index (χ3n) is 4.79. The molecule has 0 fully saturated rings. The van der Waals surface area contributed by atoms with Crippen LogP contribution in [-0.2, 0) is 17.8 Å². The van der Waals surface area contributed by atoms with Gasteiger partial charge in [-0.3, -0.25) is 4.79 Å². The van der Waals surface area contributed by atoms with Gasteiger partial charge in [-0.05, 0) is 56.5 Å². The summed E-state index contributed by atoms with van der Waals surface area (Å²) in [5.74, 6) is 1.81. The minimum absolute atomic E-state index is 0.110. The van der Waals surface area contributed by atoms with Crippen molar-refractivity contribution >= 4 is 16.9 Å². The van der Waals surface area contributed by atoms with E-state index in [0.717, 1.165) is 42.0 Å². The first-order valence-corrected chi connectivity index (χ1v) is 10.1. The normalized spacial score (nSPS) is 10.8. The van der Waals surface area contributed by atoms with Crippen LogP contribution in [0, 0.1) is 6.92 Å². The largest absolute Gasteiger partial charge is 0.494 e. The third kappa shape index (κ3) is 5.70. The second-order valence-corrected chi connectivity index (χ2v) is 7.33. The smallest absolute Gasteiger partial charge is 0.246 e. The van der Waals surface area contributed by atoms with Crippen LogP contribution in [0.2, 0.25) is 0 Å². The molecule has 5 nitrogen and oxygen atoms in total. The number of hydrogen-bond acceptors (Lipinski definition) is 3. The number of nitrogens with zero attached hydrogens (tertiary/aromatic N) is 2. The predicted octanol–water partition coefficient (Wildman–Crippen LogP) is 4.44. The van der Waals surface area contributed by atoms with E-state index in [0.29, 0.717) is 25.1 Å². The maximum Gasteiger partial charge on any atom is 0.246 e. The third-order valence-corrected chi connectivity index (χ3v) is 4.79. The number of nitrogens with one attached hydrogen (secondary N) is 1. The van der Waals surface area contributed by atoms with Crippen molar-refractivity contribution in [2.45, 2.75) is 39.7 Å². The fourth-order valence-electron chi connectivity index (χ4n) is 3.27. The Morgan fingerprint density at radius 1 is 1.17 bits per heavy atom. The van der Waals surface area contributed by atoms with Crippen LogP contribution in [0.5, 0.6) is 5.75 Å². The van der Waals surface area contributed by atoms with Gasteiger partial charge in [0.25, 0.3) is 0 Å².